The van der Waals surface area contributed by atoms with E-state index in [9.17, 15) is 18.0 Å². The molecule has 33 heavy (non-hydrogen) atoms. The Kier molecular flexibility index (Phi) is 7.33. The number of esters is 1. The Labute approximate surface area is 194 Å². The Hall–Kier alpha value is -3.45. The van der Waals surface area contributed by atoms with Gasteiger partial charge in [0.1, 0.15) is 0 Å². The van der Waals surface area contributed by atoms with E-state index in [2.05, 4.69) is 0 Å². The third kappa shape index (κ3) is 5.31. The van der Waals surface area contributed by atoms with Crippen molar-refractivity contribution in [3.05, 3.63) is 94.5 Å². The number of aryl methyl sites for hydroxylation is 3. The number of rotatable bonds is 8. The fourth-order valence-corrected chi connectivity index (χ4v) is 5.00. The van der Waals surface area contributed by atoms with Crippen molar-refractivity contribution in [1.82, 2.24) is 0 Å². The first-order valence-electron chi connectivity index (χ1n) is 10.6. The van der Waals surface area contributed by atoms with E-state index in [0.717, 1.165) is 16.7 Å². The summed E-state index contributed by atoms with van der Waals surface area (Å²) < 4.78 is 32.6. The van der Waals surface area contributed by atoms with Gasteiger partial charge in [0.25, 0.3) is 10.0 Å². The van der Waals surface area contributed by atoms with Crippen LogP contribution in [0.2, 0.25) is 0 Å². The van der Waals surface area contributed by atoms with Crippen LogP contribution in [0.1, 0.15) is 44.3 Å². The van der Waals surface area contributed by atoms with Crippen molar-refractivity contribution in [3.63, 3.8) is 0 Å². The van der Waals surface area contributed by atoms with Crippen LogP contribution < -0.4 is 4.31 Å². The minimum atomic E-state index is -3.79. The van der Waals surface area contributed by atoms with Crippen LogP contribution >= 0.6 is 0 Å². The number of carbonyl (C=O) groups excluding carboxylic acids is 2. The zero-order valence-electron chi connectivity index (χ0n) is 19.2. The van der Waals surface area contributed by atoms with E-state index in [1.54, 1.807) is 37.3 Å². The number of nitrogens with zero attached hydrogens (tertiary/aromatic N) is 1. The van der Waals surface area contributed by atoms with Gasteiger partial charge in [-0.1, -0.05) is 24.3 Å². The van der Waals surface area contributed by atoms with Gasteiger partial charge in [0.2, 0.25) is 5.78 Å². The molecule has 3 aromatic carbocycles. The minimum Gasteiger partial charge on any atom is -0.454 e. The molecule has 3 rings (SSSR count). The largest absolute Gasteiger partial charge is 0.454 e. The smallest absolute Gasteiger partial charge is 0.338 e. The number of Topliss-reactive ketones (excluding diaryl/α,β-unsaturated/α-hetero) is 1. The summed E-state index contributed by atoms with van der Waals surface area (Å²) in [5.74, 6) is -0.978. The predicted molar refractivity (Wildman–Crippen MR) is 128 cm³/mol. The highest BCUT2D eigenvalue weighted by molar-refractivity contribution is 7.92. The molecule has 0 heterocycles. The number of ether oxygens (including phenoxy) is 1. The molecular formula is C26H27NO5S. The van der Waals surface area contributed by atoms with E-state index in [-0.39, 0.29) is 29.4 Å². The molecule has 0 spiro atoms. The van der Waals surface area contributed by atoms with Gasteiger partial charge in [-0.3, -0.25) is 9.10 Å². The standard InChI is InChI=1S/C26H27NO5S/c1-5-27(22-9-7-6-8-10-22)33(30,31)23-13-11-21(12-14-23)26(29)32-17-25(28)24-16-19(3)18(2)15-20(24)4/h6-16H,5,17H2,1-4H3. The van der Waals surface area contributed by atoms with Crippen molar-refractivity contribution in [2.75, 3.05) is 17.5 Å². The van der Waals surface area contributed by atoms with E-state index >= 15 is 0 Å². The number of hydrogen-bond acceptors (Lipinski definition) is 5. The molecule has 6 nitrogen and oxygen atoms in total. The van der Waals surface area contributed by atoms with Gasteiger partial charge >= 0.3 is 5.97 Å². The average Bonchev–Trinajstić information content (AvgIpc) is 2.80. The molecule has 0 atom stereocenters. The molecule has 0 aromatic heterocycles. The first kappa shape index (κ1) is 24.2. The van der Waals surface area contributed by atoms with Gasteiger partial charge in [-0.15, -0.1) is 0 Å². The molecule has 0 radical (unpaired) electrons. The van der Waals surface area contributed by atoms with E-state index in [1.807, 2.05) is 32.9 Å². The van der Waals surface area contributed by atoms with Gasteiger partial charge in [-0.2, -0.15) is 0 Å². The number of anilines is 1. The minimum absolute atomic E-state index is 0.0617. The predicted octanol–water partition coefficient (Wildman–Crippen LogP) is 4.87. The zero-order chi connectivity index (χ0) is 24.2. The summed E-state index contributed by atoms with van der Waals surface area (Å²) in [5, 5.41) is 0. The lowest BCUT2D eigenvalue weighted by atomic mass is 9.98. The summed E-state index contributed by atoms with van der Waals surface area (Å²) in [5.41, 5.74) is 4.15. The Morgan fingerprint density at radius 3 is 2.06 bits per heavy atom. The third-order valence-corrected chi connectivity index (χ3v) is 7.40. The van der Waals surface area contributed by atoms with Crippen LogP contribution in [0, 0.1) is 20.8 Å². The average molecular weight is 466 g/mol. The van der Waals surface area contributed by atoms with Gasteiger partial charge in [0, 0.05) is 12.1 Å². The molecule has 3 aromatic rings. The van der Waals surface area contributed by atoms with Crippen LogP contribution in [0.3, 0.4) is 0 Å². The summed E-state index contributed by atoms with van der Waals surface area (Å²) in [6.07, 6.45) is 0. The Morgan fingerprint density at radius 2 is 1.45 bits per heavy atom. The molecule has 0 aliphatic rings. The number of hydrogen-bond donors (Lipinski definition) is 0. The van der Waals surface area contributed by atoms with Gasteiger partial charge in [0.05, 0.1) is 16.1 Å². The summed E-state index contributed by atoms with van der Waals surface area (Å²) in [7, 11) is -3.79. The second kappa shape index (κ2) is 10.0. The van der Waals surface area contributed by atoms with Gasteiger partial charge < -0.3 is 4.74 Å². The van der Waals surface area contributed by atoms with Gasteiger partial charge in [0.15, 0.2) is 6.61 Å². The van der Waals surface area contributed by atoms with Crippen LogP contribution in [0.5, 0.6) is 0 Å². The molecular weight excluding hydrogens is 438 g/mol. The molecule has 0 saturated heterocycles. The van der Waals surface area contributed by atoms with Gasteiger partial charge in [-0.05, 0) is 86.8 Å². The highest BCUT2D eigenvalue weighted by Crippen LogP contribution is 2.23. The fraction of sp³-hybridized carbons (Fsp3) is 0.231. The number of ketones is 1. The van der Waals surface area contributed by atoms with Crippen molar-refractivity contribution in [2.45, 2.75) is 32.6 Å². The fourth-order valence-electron chi connectivity index (χ4n) is 3.53. The molecule has 0 fully saturated rings. The van der Waals surface area contributed by atoms with Crippen LogP contribution in [-0.4, -0.2) is 33.3 Å². The van der Waals surface area contributed by atoms with Crippen LogP contribution in [0.4, 0.5) is 5.69 Å². The van der Waals surface area contributed by atoms with Crippen molar-refractivity contribution in [2.24, 2.45) is 0 Å². The number of para-hydroxylation sites is 1. The molecule has 172 valence electrons. The zero-order valence-corrected chi connectivity index (χ0v) is 20.0. The third-order valence-electron chi connectivity index (χ3n) is 5.48. The lowest BCUT2D eigenvalue weighted by Gasteiger charge is -2.22. The second-order valence-electron chi connectivity index (χ2n) is 7.78. The monoisotopic (exact) mass is 465 g/mol. The molecule has 0 bridgehead atoms. The maximum absolute atomic E-state index is 13.1. The summed E-state index contributed by atoms with van der Waals surface area (Å²) in [6.45, 7) is 7.36. The Balaban J connectivity index is 1.71. The van der Waals surface area contributed by atoms with Gasteiger partial charge in [-0.25, -0.2) is 13.2 Å². The van der Waals surface area contributed by atoms with E-state index in [4.69, 9.17) is 4.74 Å². The summed E-state index contributed by atoms with van der Waals surface area (Å²) in [4.78, 5) is 25.0. The highest BCUT2D eigenvalue weighted by atomic mass is 32.2. The molecule has 0 N–H and O–H groups in total. The number of sulfonamides is 1. The highest BCUT2D eigenvalue weighted by Gasteiger charge is 2.24. The van der Waals surface area contributed by atoms with Crippen molar-refractivity contribution >= 4 is 27.5 Å². The SMILES string of the molecule is CCN(c1ccccc1)S(=O)(=O)c1ccc(C(=O)OCC(=O)c2cc(C)c(C)cc2C)cc1. The van der Waals surface area contributed by atoms with Crippen LogP contribution in [0.15, 0.2) is 71.6 Å². The van der Waals surface area contributed by atoms with Crippen molar-refractivity contribution in [1.29, 1.82) is 0 Å². The quantitative estimate of drug-likeness (QED) is 0.350. The van der Waals surface area contributed by atoms with E-state index < -0.39 is 16.0 Å². The maximum Gasteiger partial charge on any atom is 0.338 e. The number of benzene rings is 3. The first-order chi connectivity index (χ1) is 15.6. The summed E-state index contributed by atoms with van der Waals surface area (Å²) in [6, 6.07) is 18.0. The molecule has 7 heteroatoms. The van der Waals surface area contributed by atoms with Crippen molar-refractivity contribution in [3.8, 4) is 0 Å². The second-order valence-corrected chi connectivity index (χ2v) is 9.64. The lowest BCUT2D eigenvalue weighted by Crippen LogP contribution is -2.30. The number of carbonyl (C=O) groups is 2. The normalized spacial score (nSPS) is 11.2. The van der Waals surface area contributed by atoms with E-state index in [1.165, 1.54) is 28.6 Å². The first-order valence-corrected chi connectivity index (χ1v) is 12.0. The Morgan fingerprint density at radius 1 is 0.848 bits per heavy atom. The molecule has 0 amide bonds. The topological polar surface area (TPSA) is 80.8 Å². The Bertz CT molecular complexity index is 1270. The summed E-state index contributed by atoms with van der Waals surface area (Å²) >= 11 is 0. The van der Waals surface area contributed by atoms with Crippen LogP contribution in [-0.2, 0) is 14.8 Å². The van der Waals surface area contributed by atoms with Crippen molar-refractivity contribution < 1.29 is 22.7 Å². The molecule has 0 saturated carbocycles. The lowest BCUT2D eigenvalue weighted by molar-refractivity contribution is 0.0474. The molecule has 0 aliphatic heterocycles. The molecule has 0 aliphatic carbocycles. The van der Waals surface area contributed by atoms with Crippen LogP contribution in [0.25, 0.3) is 0 Å². The maximum atomic E-state index is 13.1. The van der Waals surface area contributed by atoms with E-state index in [0.29, 0.717) is 11.3 Å². The molecule has 0 unspecified atom stereocenters.